The van der Waals surface area contributed by atoms with Gasteiger partial charge in [-0.1, -0.05) is 0 Å². The predicted octanol–water partition coefficient (Wildman–Crippen LogP) is -0.386. The summed E-state index contributed by atoms with van der Waals surface area (Å²) in [6.07, 6.45) is 0. The average Bonchev–Trinajstić information content (AvgIpc) is 2.86. The number of aromatic nitrogens is 5. The summed E-state index contributed by atoms with van der Waals surface area (Å²) in [4.78, 5) is 15.1. The molecule has 0 aromatic carbocycles. The fourth-order valence-corrected chi connectivity index (χ4v) is 1.01. The Morgan fingerprint density at radius 2 is 2.38 bits per heavy atom. The normalized spacial score (nSPS) is 10.3. The number of carbonyl (C=O) groups excluding carboxylic acids is 1. The number of carbonyl (C=O) groups is 1. The molecule has 9 nitrogen and oxygen atoms in total. The number of nitrogens with two attached hydrogens (primary N) is 1. The maximum absolute atomic E-state index is 11.3. The van der Waals surface area contributed by atoms with Gasteiger partial charge in [-0.15, -0.1) is 0 Å². The third-order valence-electron chi connectivity index (χ3n) is 1.68. The maximum atomic E-state index is 11.3. The van der Waals surface area contributed by atoms with E-state index in [1.54, 1.807) is 6.92 Å². The fraction of sp³-hybridized carbons (Fsp3) is 0.286. The summed E-state index contributed by atoms with van der Waals surface area (Å²) < 4.78 is 9.11. The minimum atomic E-state index is -0.601. The highest BCUT2D eigenvalue weighted by Gasteiger charge is 2.18. The first-order valence-corrected chi connectivity index (χ1v) is 4.40. The molecule has 0 radical (unpaired) electrons. The second-order valence-corrected chi connectivity index (χ2v) is 2.73. The fourth-order valence-electron chi connectivity index (χ4n) is 1.01. The molecule has 0 fully saturated rings. The van der Waals surface area contributed by atoms with Crippen molar-refractivity contribution in [1.29, 1.82) is 0 Å². The summed E-state index contributed by atoms with van der Waals surface area (Å²) in [6.45, 7) is 1.94. The SMILES string of the molecule is CCOC(=O)c1nc(-c2nonc2N)n[nH]1. The van der Waals surface area contributed by atoms with Gasteiger partial charge in [-0.25, -0.2) is 9.42 Å². The number of esters is 1. The van der Waals surface area contributed by atoms with Crippen LogP contribution in [0.2, 0.25) is 0 Å². The molecule has 0 amide bonds. The van der Waals surface area contributed by atoms with Gasteiger partial charge in [0.2, 0.25) is 11.6 Å². The molecule has 0 atom stereocenters. The Balaban J connectivity index is 2.26. The van der Waals surface area contributed by atoms with Crippen LogP contribution in [0.15, 0.2) is 4.63 Å². The summed E-state index contributed by atoms with van der Waals surface area (Å²) in [5, 5.41) is 13.0. The third-order valence-corrected chi connectivity index (χ3v) is 1.68. The Kier molecular flexibility index (Phi) is 2.50. The highest BCUT2D eigenvalue weighted by atomic mass is 16.6. The van der Waals surface area contributed by atoms with Gasteiger partial charge in [0.1, 0.15) is 0 Å². The summed E-state index contributed by atoms with van der Waals surface area (Å²) in [6, 6.07) is 0. The van der Waals surface area contributed by atoms with Crippen molar-refractivity contribution in [3.8, 4) is 11.5 Å². The first-order chi connectivity index (χ1) is 7.72. The van der Waals surface area contributed by atoms with Crippen molar-refractivity contribution >= 4 is 11.8 Å². The van der Waals surface area contributed by atoms with Gasteiger partial charge in [0, 0.05) is 0 Å². The number of nitrogens with zero attached hydrogens (tertiary/aromatic N) is 4. The van der Waals surface area contributed by atoms with Gasteiger partial charge < -0.3 is 10.5 Å². The van der Waals surface area contributed by atoms with E-state index in [0.29, 0.717) is 0 Å². The van der Waals surface area contributed by atoms with E-state index in [9.17, 15) is 4.79 Å². The molecule has 2 aromatic rings. The minimum Gasteiger partial charge on any atom is -0.460 e. The molecule has 0 spiro atoms. The van der Waals surface area contributed by atoms with Crippen molar-refractivity contribution in [1.82, 2.24) is 25.5 Å². The molecule has 0 bridgehead atoms. The number of nitrogen functional groups attached to an aromatic ring is 1. The van der Waals surface area contributed by atoms with Gasteiger partial charge in [-0.05, 0) is 17.2 Å². The van der Waals surface area contributed by atoms with Crippen molar-refractivity contribution in [3.05, 3.63) is 5.82 Å². The van der Waals surface area contributed by atoms with Crippen LogP contribution in [0.5, 0.6) is 0 Å². The Bertz CT molecular complexity index is 504. The van der Waals surface area contributed by atoms with E-state index in [1.807, 2.05) is 0 Å². The smallest absolute Gasteiger partial charge is 0.375 e. The van der Waals surface area contributed by atoms with Crippen LogP contribution in [0.25, 0.3) is 11.5 Å². The second kappa shape index (κ2) is 3.96. The maximum Gasteiger partial charge on any atom is 0.375 e. The standard InChI is InChI=1S/C7H8N6O3/c1-2-15-7(14)6-9-5(10-11-6)3-4(8)13-16-12-3/h2H2,1H3,(H2,8,13)(H,9,10,11). The molecule has 2 aromatic heterocycles. The topological polar surface area (TPSA) is 133 Å². The van der Waals surface area contributed by atoms with Gasteiger partial charge in [0.25, 0.3) is 0 Å². The lowest BCUT2D eigenvalue weighted by Crippen LogP contribution is -2.06. The number of anilines is 1. The van der Waals surface area contributed by atoms with Crippen LogP contribution in [0.1, 0.15) is 17.5 Å². The van der Waals surface area contributed by atoms with Crippen LogP contribution >= 0.6 is 0 Å². The molecule has 0 aliphatic carbocycles. The molecule has 2 heterocycles. The molecular formula is C7H8N6O3. The van der Waals surface area contributed by atoms with E-state index in [1.165, 1.54) is 0 Å². The Labute approximate surface area is 89.0 Å². The third kappa shape index (κ3) is 1.69. The summed E-state index contributed by atoms with van der Waals surface area (Å²) in [7, 11) is 0. The van der Waals surface area contributed by atoms with E-state index < -0.39 is 5.97 Å². The largest absolute Gasteiger partial charge is 0.460 e. The molecule has 0 aliphatic heterocycles. The molecule has 9 heteroatoms. The summed E-state index contributed by atoms with van der Waals surface area (Å²) >= 11 is 0. The zero-order chi connectivity index (χ0) is 11.5. The van der Waals surface area contributed by atoms with Crippen molar-refractivity contribution in [3.63, 3.8) is 0 Å². The van der Waals surface area contributed by atoms with E-state index in [-0.39, 0.29) is 29.8 Å². The highest BCUT2D eigenvalue weighted by molar-refractivity contribution is 5.85. The summed E-state index contributed by atoms with van der Waals surface area (Å²) in [5.74, 6) is -0.452. The monoisotopic (exact) mass is 224 g/mol. The van der Waals surface area contributed by atoms with E-state index in [4.69, 9.17) is 10.5 Å². The number of hydrogen-bond acceptors (Lipinski definition) is 8. The zero-order valence-corrected chi connectivity index (χ0v) is 8.30. The van der Waals surface area contributed by atoms with Gasteiger partial charge >= 0.3 is 5.97 Å². The van der Waals surface area contributed by atoms with Crippen LogP contribution in [0.4, 0.5) is 5.82 Å². The van der Waals surface area contributed by atoms with Crippen molar-refractivity contribution in [2.45, 2.75) is 6.92 Å². The van der Waals surface area contributed by atoms with Crippen molar-refractivity contribution in [2.75, 3.05) is 12.3 Å². The first kappa shape index (κ1) is 10.1. The van der Waals surface area contributed by atoms with E-state index >= 15 is 0 Å². The van der Waals surface area contributed by atoms with Crippen LogP contribution in [0.3, 0.4) is 0 Å². The quantitative estimate of drug-likeness (QED) is 0.673. The summed E-state index contributed by atoms with van der Waals surface area (Å²) in [5.41, 5.74) is 5.61. The zero-order valence-electron chi connectivity index (χ0n) is 8.30. The van der Waals surface area contributed by atoms with Gasteiger partial charge in [-0.2, -0.15) is 10.1 Å². The van der Waals surface area contributed by atoms with Crippen LogP contribution < -0.4 is 5.73 Å². The number of aromatic amines is 1. The van der Waals surface area contributed by atoms with E-state index in [0.717, 1.165) is 0 Å². The second-order valence-electron chi connectivity index (χ2n) is 2.73. The van der Waals surface area contributed by atoms with Crippen molar-refractivity contribution < 1.29 is 14.2 Å². The van der Waals surface area contributed by atoms with Crippen LogP contribution in [0, 0.1) is 0 Å². The van der Waals surface area contributed by atoms with Gasteiger partial charge in [0.05, 0.1) is 6.61 Å². The van der Waals surface area contributed by atoms with Crippen molar-refractivity contribution in [2.24, 2.45) is 0 Å². The van der Waals surface area contributed by atoms with Crippen LogP contribution in [-0.2, 0) is 4.74 Å². The first-order valence-electron chi connectivity index (χ1n) is 4.40. The van der Waals surface area contributed by atoms with Gasteiger partial charge in [-0.3, -0.25) is 5.10 Å². The number of rotatable bonds is 3. The average molecular weight is 224 g/mol. The highest BCUT2D eigenvalue weighted by Crippen LogP contribution is 2.17. The Morgan fingerprint density at radius 3 is 3.00 bits per heavy atom. The molecule has 2 rings (SSSR count). The molecule has 16 heavy (non-hydrogen) atoms. The van der Waals surface area contributed by atoms with E-state index in [2.05, 4.69) is 30.1 Å². The minimum absolute atomic E-state index is 0.0285. The molecule has 3 N–H and O–H groups in total. The Hall–Kier alpha value is -2.45. The lowest BCUT2D eigenvalue weighted by Gasteiger charge is -1.94. The predicted molar refractivity (Wildman–Crippen MR) is 50.0 cm³/mol. The molecule has 0 saturated carbocycles. The number of hydrogen-bond donors (Lipinski definition) is 2. The lowest BCUT2D eigenvalue weighted by atomic mass is 10.4. The number of H-pyrrole nitrogens is 1. The Morgan fingerprint density at radius 1 is 1.56 bits per heavy atom. The lowest BCUT2D eigenvalue weighted by molar-refractivity contribution is 0.0512. The molecular weight excluding hydrogens is 216 g/mol. The van der Waals surface area contributed by atoms with Gasteiger partial charge in [0.15, 0.2) is 11.5 Å². The molecule has 0 aliphatic rings. The molecule has 84 valence electrons. The number of nitrogens with one attached hydrogen (secondary N) is 1. The number of ether oxygens (including phenoxy) is 1. The molecule has 0 unspecified atom stereocenters. The van der Waals surface area contributed by atoms with Crippen LogP contribution in [-0.4, -0.2) is 38.1 Å². The molecule has 0 saturated heterocycles.